The Kier molecular flexibility index (Phi) is 7.29. The summed E-state index contributed by atoms with van der Waals surface area (Å²) >= 11 is 1.68. The number of thioether (sulfide) groups is 1. The highest BCUT2D eigenvalue weighted by Gasteiger charge is 2.36. The summed E-state index contributed by atoms with van der Waals surface area (Å²) in [7, 11) is 0. The molecule has 0 bridgehead atoms. The third-order valence-electron chi connectivity index (χ3n) is 6.11. The summed E-state index contributed by atoms with van der Waals surface area (Å²) in [6.45, 7) is 1.37. The fraction of sp³-hybridized carbons (Fsp3) is 0.259. The monoisotopic (exact) mass is 501 g/mol. The minimum atomic E-state index is -0.268. The Morgan fingerprint density at radius 2 is 1.89 bits per heavy atom. The number of fused-ring (bicyclic) bond motifs is 2. The molecule has 0 spiro atoms. The number of aromatic nitrogens is 3. The normalized spacial score (nSPS) is 14.1. The third kappa shape index (κ3) is 4.84. The highest BCUT2D eigenvalue weighted by molar-refractivity contribution is 7.98. The number of imidazole rings is 1. The maximum Gasteiger partial charge on any atom is 0.282 e. The molecule has 0 unspecified atom stereocenters. The number of rotatable bonds is 10. The summed E-state index contributed by atoms with van der Waals surface area (Å²) in [6, 6.07) is 19.6. The van der Waals surface area contributed by atoms with E-state index in [1.807, 2.05) is 60.9 Å². The van der Waals surface area contributed by atoms with Gasteiger partial charge in [0, 0.05) is 24.2 Å². The Balaban J connectivity index is 1.40. The quantitative estimate of drug-likeness (QED) is 0.197. The van der Waals surface area contributed by atoms with Crippen LogP contribution in [0.1, 0.15) is 29.8 Å². The first-order chi connectivity index (χ1) is 17.7. The van der Waals surface area contributed by atoms with Gasteiger partial charge in [-0.25, -0.2) is 9.97 Å². The van der Waals surface area contributed by atoms with Crippen LogP contribution < -0.4 is 4.90 Å². The zero-order chi connectivity index (χ0) is 24.9. The Labute approximate surface area is 213 Å². The number of hydrogen-bond donors (Lipinski definition) is 1. The van der Waals surface area contributed by atoms with Crippen molar-refractivity contribution < 1.29 is 14.7 Å². The number of oxime groups is 1. The summed E-state index contributed by atoms with van der Waals surface area (Å²) in [5.41, 5.74) is 3.73. The van der Waals surface area contributed by atoms with Crippen LogP contribution in [0.25, 0.3) is 11.0 Å². The van der Waals surface area contributed by atoms with Crippen molar-refractivity contribution in [3.05, 3.63) is 83.8 Å². The molecule has 0 radical (unpaired) electrons. The number of aryl methyl sites for hydroxylation is 1. The molecule has 0 fully saturated rings. The summed E-state index contributed by atoms with van der Waals surface area (Å²) in [6.07, 6.45) is 5.21. The Morgan fingerprint density at radius 1 is 1.06 bits per heavy atom. The topological polar surface area (TPSA) is 92.8 Å². The molecule has 0 saturated heterocycles. The van der Waals surface area contributed by atoms with E-state index in [1.165, 1.54) is 4.90 Å². The number of unbranched alkanes of at least 4 members (excludes halogenated alkanes) is 1. The van der Waals surface area contributed by atoms with Gasteiger partial charge in [0.25, 0.3) is 5.91 Å². The Hall–Kier alpha value is -3.69. The van der Waals surface area contributed by atoms with Gasteiger partial charge in [0.1, 0.15) is 18.2 Å². The van der Waals surface area contributed by atoms with E-state index >= 15 is 0 Å². The van der Waals surface area contributed by atoms with Gasteiger partial charge in [-0.1, -0.05) is 29.4 Å². The van der Waals surface area contributed by atoms with Crippen molar-refractivity contribution in [1.29, 1.82) is 0 Å². The number of amides is 1. The zero-order valence-corrected chi connectivity index (χ0v) is 20.8. The number of anilines is 1. The highest BCUT2D eigenvalue weighted by Crippen LogP contribution is 2.29. The average molecular weight is 502 g/mol. The molecule has 8 nitrogen and oxygen atoms in total. The molecule has 4 aromatic rings. The largest absolute Gasteiger partial charge is 0.396 e. The van der Waals surface area contributed by atoms with Crippen molar-refractivity contribution in [2.45, 2.75) is 37.4 Å². The smallest absolute Gasteiger partial charge is 0.282 e. The van der Waals surface area contributed by atoms with Crippen LogP contribution in [-0.2, 0) is 29.3 Å². The number of aliphatic hydroxyl groups is 1. The summed E-state index contributed by atoms with van der Waals surface area (Å²) < 4.78 is 2.12. The van der Waals surface area contributed by atoms with Crippen LogP contribution in [0.3, 0.4) is 0 Å². The molecule has 2 aromatic heterocycles. The third-order valence-corrected chi connectivity index (χ3v) is 6.86. The number of hydrogen-bond acceptors (Lipinski definition) is 7. The standard InChI is InChI=1S/C27H27N5O3S/c1-36-20-12-10-19(11-13-20)18-35-30-25-21-7-6-14-28-26(21)32(27(25)34)17-24-29-22-8-2-3-9-23(22)31(24)15-4-5-16-33/h2-3,6-14,33H,4-5,15-18H2,1H3/b30-25+. The SMILES string of the molecule is CSc1ccc(CO/N=C2/C(=O)N(Cc3nc4ccccc4n3CCCCO)c3ncccc32)cc1. The summed E-state index contributed by atoms with van der Waals surface area (Å²) in [4.78, 5) is 31.2. The number of para-hydroxylation sites is 2. The predicted octanol–water partition coefficient (Wildman–Crippen LogP) is 4.39. The second-order valence-corrected chi connectivity index (χ2v) is 9.31. The molecule has 1 amide bonds. The molecule has 184 valence electrons. The molecule has 1 aliphatic heterocycles. The van der Waals surface area contributed by atoms with Crippen LogP contribution in [-0.4, -0.2) is 44.1 Å². The van der Waals surface area contributed by atoms with E-state index in [9.17, 15) is 9.90 Å². The minimum absolute atomic E-state index is 0.144. The molecule has 2 aromatic carbocycles. The molecule has 0 atom stereocenters. The zero-order valence-electron chi connectivity index (χ0n) is 20.0. The van der Waals surface area contributed by atoms with E-state index in [1.54, 1.807) is 28.9 Å². The lowest BCUT2D eigenvalue weighted by Crippen LogP contribution is -2.31. The van der Waals surface area contributed by atoms with E-state index < -0.39 is 0 Å². The molecule has 1 N–H and O–H groups in total. The second kappa shape index (κ2) is 10.9. The molecule has 3 heterocycles. The van der Waals surface area contributed by atoms with Crippen molar-refractivity contribution in [1.82, 2.24) is 14.5 Å². The van der Waals surface area contributed by atoms with Gasteiger partial charge in [-0.2, -0.15) is 0 Å². The van der Waals surface area contributed by atoms with Crippen LogP contribution in [0.15, 0.2) is 76.9 Å². The lowest BCUT2D eigenvalue weighted by molar-refractivity contribution is -0.112. The Morgan fingerprint density at radius 3 is 2.69 bits per heavy atom. The Bertz CT molecular complexity index is 1400. The van der Waals surface area contributed by atoms with Gasteiger partial charge >= 0.3 is 0 Å². The van der Waals surface area contributed by atoms with Gasteiger partial charge in [0.2, 0.25) is 0 Å². The molecule has 36 heavy (non-hydrogen) atoms. The van der Waals surface area contributed by atoms with Gasteiger partial charge < -0.3 is 14.5 Å². The molecule has 0 aliphatic carbocycles. The highest BCUT2D eigenvalue weighted by atomic mass is 32.2. The molecule has 0 saturated carbocycles. The van der Waals surface area contributed by atoms with Gasteiger partial charge in [-0.05, 0) is 61.1 Å². The number of carbonyl (C=O) groups excluding carboxylic acids is 1. The fourth-order valence-corrected chi connectivity index (χ4v) is 4.69. The van der Waals surface area contributed by atoms with E-state index in [2.05, 4.69) is 14.7 Å². The van der Waals surface area contributed by atoms with Crippen LogP contribution in [0.2, 0.25) is 0 Å². The second-order valence-electron chi connectivity index (χ2n) is 8.43. The fourth-order valence-electron chi connectivity index (χ4n) is 4.28. The van der Waals surface area contributed by atoms with Crippen LogP contribution >= 0.6 is 11.8 Å². The summed E-state index contributed by atoms with van der Waals surface area (Å²) in [5.74, 6) is 1.04. The van der Waals surface area contributed by atoms with E-state index in [4.69, 9.17) is 9.82 Å². The van der Waals surface area contributed by atoms with Crippen molar-refractivity contribution in [2.24, 2.45) is 5.16 Å². The van der Waals surface area contributed by atoms with Crippen molar-refractivity contribution in [3.8, 4) is 0 Å². The lowest BCUT2D eigenvalue weighted by atomic mass is 10.2. The molecular weight excluding hydrogens is 474 g/mol. The van der Waals surface area contributed by atoms with Gasteiger partial charge in [0.15, 0.2) is 5.71 Å². The predicted molar refractivity (Wildman–Crippen MR) is 141 cm³/mol. The van der Waals surface area contributed by atoms with E-state index in [0.717, 1.165) is 28.8 Å². The lowest BCUT2D eigenvalue weighted by Gasteiger charge is -2.17. The number of nitrogens with zero attached hydrogens (tertiary/aromatic N) is 5. The van der Waals surface area contributed by atoms with Crippen molar-refractivity contribution >= 4 is 40.2 Å². The number of aliphatic hydroxyl groups excluding tert-OH is 1. The van der Waals surface area contributed by atoms with Gasteiger partial charge in [-0.3, -0.25) is 9.69 Å². The molecule has 5 rings (SSSR count). The van der Waals surface area contributed by atoms with E-state index in [0.29, 0.717) is 24.3 Å². The number of carbonyl (C=O) groups is 1. The maximum atomic E-state index is 13.5. The van der Waals surface area contributed by atoms with Crippen LogP contribution in [0.4, 0.5) is 5.82 Å². The maximum absolute atomic E-state index is 13.5. The average Bonchev–Trinajstić information content (AvgIpc) is 3.39. The van der Waals surface area contributed by atoms with Gasteiger partial charge in [0.05, 0.1) is 23.1 Å². The number of benzene rings is 2. The van der Waals surface area contributed by atoms with Gasteiger partial charge in [-0.15, -0.1) is 11.8 Å². The van der Waals surface area contributed by atoms with Crippen molar-refractivity contribution in [2.75, 3.05) is 17.8 Å². The first-order valence-corrected chi connectivity index (χ1v) is 13.1. The molecular formula is C27H27N5O3S. The van der Waals surface area contributed by atoms with Crippen LogP contribution in [0.5, 0.6) is 0 Å². The molecule has 9 heteroatoms. The number of pyridine rings is 1. The first-order valence-electron chi connectivity index (χ1n) is 11.8. The van der Waals surface area contributed by atoms with Crippen LogP contribution in [0, 0.1) is 0 Å². The molecule has 1 aliphatic rings. The summed E-state index contributed by atoms with van der Waals surface area (Å²) in [5, 5.41) is 13.5. The first kappa shape index (κ1) is 24.0. The minimum Gasteiger partial charge on any atom is -0.396 e. The van der Waals surface area contributed by atoms with Crippen molar-refractivity contribution in [3.63, 3.8) is 0 Å². The van der Waals surface area contributed by atoms with E-state index in [-0.39, 0.29) is 31.4 Å².